The zero-order valence-corrected chi connectivity index (χ0v) is 9.41. The Labute approximate surface area is 82.9 Å². The van der Waals surface area contributed by atoms with Crippen LogP contribution in [-0.4, -0.2) is 26.0 Å². The van der Waals surface area contributed by atoms with Crippen LogP contribution >= 0.6 is 0 Å². The Kier molecular flexibility index (Phi) is 2.41. The molecule has 1 atom stereocenters. The predicted octanol–water partition coefficient (Wildman–Crippen LogP) is 1.18. The van der Waals surface area contributed by atoms with Gasteiger partial charge in [0.15, 0.2) is 0 Å². The molecular weight excluding hydrogens is 264 g/mol. The Morgan fingerprint density at radius 2 is 2.33 bits per heavy atom. The van der Waals surface area contributed by atoms with Gasteiger partial charge in [-0.05, 0) is 0 Å². The molecule has 0 spiro atoms. The van der Waals surface area contributed by atoms with E-state index in [9.17, 15) is 5.11 Å². The fourth-order valence-electron chi connectivity index (χ4n) is 1.56. The molecule has 1 heterocycles. The number of aliphatic hydroxyl groups is 1. The molecule has 1 N–H and O–H groups in total. The SMILES string of the molecule is Cc1cccc2c1[Te]CCC2O. The third kappa shape index (κ3) is 1.40. The van der Waals surface area contributed by atoms with E-state index in [2.05, 4.69) is 25.1 Å². The fourth-order valence-corrected chi connectivity index (χ4v) is 5.02. The summed E-state index contributed by atoms with van der Waals surface area (Å²) in [6.07, 6.45) is 0.803. The van der Waals surface area contributed by atoms with Crippen molar-refractivity contribution in [1.29, 1.82) is 0 Å². The van der Waals surface area contributed by atoms with Gasteiger partial charge in [0.05, 0.1) is 0 Å². The van der Waals surface area contributed by atoms with Gasteiger partial charge in [-0.2, -0.15) is 0 Å². The Bertz CT molecular complexity index is 296. The summed E-state index contributed by atoms with van der Waals surface area (Å²) in [5.41, 5.74) is 2.59. The van der Waals surface area contributed by atoms with Crippen molar-refractivity contribution in [2.75, 3.05) is 0 Å². The van der Waals surface area contributed by atoms with E-state index in [1.807, 2.05) is 0 Å². The van der Waals surface area contributed by atoms with Gasteiger partial charge in [0.25, 0.3) is 0 Å². The fraction of sp³-hybridized carbons (Fsp3) is 0.400. The second-order valence-corrected chi connectivity index (χ2v) is 6.30. The van der Waals surface area contributed by atoms with Crippen molar-refractivity contribution in [3.63, 3.8) is 0 Å². The van der Waals surface area contributed by atoms with Gasteiger partial charge in [0, 0.05) is 0 Å². The van der Waals surface area contributed by atoms with Crippen molar-refractivity contribution >= 4 is 24.5 Å². The molecule has 1 aliphatic heterocycles. The predicted molar refractivity (Wildman–Crippen MR) is 51.0 cm³/mol. The third-order valence-corrected chi connectivity index (χ3v) is 5.91. The van der Waals surface area contributed by atoms with Crippen LogP contribution in [-0.2, 0) is 0 Å². The van der Waals surface area contributed by atoms with Gasteiger partial charge in [-0.1, -0.05) is 0 Å². The molecule has 1 unspecified atom stereocenters. The number of benzene rings is 1. The first kappa shape index (κ1) is 8.56. The molecule has 1 aromatic rings. The molecule has 1 nitrogen and oxygen atoms in total. The quantitative estimate of drug-likeness (QED) is 0.705. The van der Waals surface area contributed by atoms with E-state index in [0.29, 0.717) is 0 Å². The van der Waals surface area contributed by atoms with Gasteiger partial charge in [0.2, 0.25) is 0 Å². The van der Waals surface area contributed by atoms with Crippen LogP contribution in [0.1, 0.15) is 23.7 Å². The van der Waals surface area contributed by atoms with Gasteiger partial charge in [0.1, 0.15) is 0 Å². The van der Waals surface area contributed by atoms with Crippen LogP contribution in [0.4, 0.5) is 0 Å². The molecule has 0 amide bonds. The molecule has 0 saturated carbocycles. The molecule has 1 aliphatic rings. The summed E-state index contributed by atoms with van der Waals surface area (Å²) in [4.78, 5) is 0. The second-order valence-electron chi connectivity index (χ2n) is 3.15. The maximum atomic E-state index is 9.71. The van der Waals surface area contributed by atoms with Crippen molar-refractivity contribution < 1.29 is 5.11 Å². The molecule has 0 bridgehead atoms. The molecule has 2 heteroatoms. The number of rotatable bonds is 0. The molecule has 0 aromatic heterocycles. The van der Waals surface area contributed by atoms with E-state index >= 15 is 0 Å². The summed E-state index contributed by atoms with van der Waals surface area (Å²) in [5.74, 6) is 0. The molecular formula is C10H12OTe. The van der Waals surface area contributed by atoms with E-state index in [1.165, 1.54) is 19.2 Å². The zero-order chi connectivity index (χ0) is 8.55. The van der Waals surface area contributed by atoms with Crippen molar-refractivity contribution in [3.8, 4) is 0 Å². The van der Waals surface area contributed by atoms with E-state index in [0.717, 1.165) is 6.42 Å². The first-order chi connectivity index (χ1) is 5.79. The van der Waals surface area contributed by atoms with Gasteiger partial charge in [-0.15, -0.1) is 0 Å². The van der Waals surface area contributed by atoms with Crippen molar-refractivity contribution in [2.24, 2.45) is 0 Å². The van der Waals surface area contributed by atoms with Crippen LogP contribution in [0.2, 0.25) is 4.47 Å². The van der Waals surface area contributed by atoms with Crippen LogP contribution in [0, 0.1) is 6.92 Å². The van der Waals surface area contributed by atoms with E-state index < -0.39 is 0 Å². The Balaban J connectivity index is 2.52. The Morgan fingerprint density at radius 1 is 1.50 bits per heavy atom. The van der Waals surface area contributed by atoms with Crippen molar-refractivity contribution in [2.45, 2.75) is 23.9 Å². The Hall–Kier alpha value is -0.0304. The van der Waals surface area contributed by atoms with Crippen LogP contribution in [0.3, 0.4) is 0 Å². The number of hydrogen-bond donors (Lipinski definition) is 1. The van der Waals surface area contributed by atoms with Crippen molar-refractivity contribution in [1.82, 2.24) is 0 Å². The van der Waals surface area contributed by atoms with Gasteiger partial charge in [-0.3, -0.25) is 0 Å². The molecule has 0 saturated heterocycles. The number of aliphatic hydroxyl groups excluding tert-OH is 1. The Morgan fingerprint density at radius 3 is 3.08 bits per heavy atom. The first-order valence-corrected chi connectivity index (χ1v) is 7.00. The maximum absolute atomic E-state index is 9.71. The van der Waals surface area contributed by atoms with Gasteiger partial charge < -0.3 is 0 Å². The summed E-state index contributed by atoms with van der Waals surface area (Å²) in [6, 6.07) is 6.29. The first-order valence-electron chi connectivity index (χ1n) is 4.19. The van der Waals surface area contributed by atoms with Crippen LogP contribution in [0.25, 0.3) is 0 Å². The molecule has 0 radical (unpaired) electrons. The topological polar surface area (TPSA) is 20.2 Å². The minimum atomic E-state index is -0.182. The average molecular weight is 276 g/mol. The summed E-state index contributed by atoms with van der Waals surface area (Å²) in [5, 5.41) is 9.71. The molecule has 2 rings (SSSR count). The van der Waals surface area contributed by atoms with E-state index in [1.54, 1.807) is 0 Å². The third-order valence-electron chi connectivity index (χ3n) is 2.24. The normalized spacial score (nSPS) is 22.0. The molecule has 0 aliphatic carbocycles. The van der Waals surface area contributed by atoms with E-state index in [-0.39, 0.29) is 27.0 Å². The summed E-state index contributed by atoms with van der Waals surface area (Å²) >= 11 is 0.0130. The van der Waals surface area contributed by atoms with Gasteiger partial charge in [-0.25, -0.2) is 0 Å². The number of aryl methyl sites for hydroxylation is 1. The number of hydrogen-bond acceptors (Lipinski definition) is 1. The van der Waals surface area contributed by atoms with Crippen LogP contribution < -0.4 is 3.61 Å². The summed E-state index contributed by atoms with van der Waals surface area (Å²) in [7, 11) is 0. The molecule has 1 aromatic carbocycles. The van der Waals surface area contributed by atoms with Gasteiger partial charge >= 0.3 is 82.9 Å². The monoisotopic (exact) mass is 278 g/mol. The molecule has 0 fully saturated rings. The molecule has 64 valence electrons. The molecule has 12 heavy (non-hydrogen) atoms. The summed E-state index contributed by atoms with van der Waals surface area (Å²) < 4.78 is 2.76. The minimum absolute atomic E-state index is 0.0130. The standard InChI is InChI=1S/C10H12OTe/c1-7-3-2-4-8-9(11)5-6-12-10(7)8/h2-4,9,11H,5-6H2,1H3. The van der Waals surface area contributed by atoms with Crippen LogP contribution in [0.15, 0.2) is 18.2 Å². The zero-order valence-electron chi connectivity index (χ0n) is 7.08. The average Bonchev–Trinajstić information content (AvgIpc) is 2.07. The second kappa shape index (κ2) is 3.38. The van der Waals surface area contributed by atoms with Crippen molar-refractivity contribution in [3.05, 3.63) is 29.3 Å². The number of fused-ring (bicyclic) bond motifs is 1. The summed E-state index contributed by atoms with van der Waals surface area (Å²) in [6.45, 7) is 2.15. The van der Waals surface area contributed by atoms with Crippen LogP contribution in [0.5, 0.6) is 0 Å². The van der Waals surface area contributed by atoms with E-state index in [4.69, 9.17) is 0 Å².